The molecule has 10 heteroatoms. The van der Waals surface area contributed by atoms with Crippen molar-refractivity contribution in [3.63, 3.8) is 0 Å². The number of hydrogen-bond acceptors (Lipinski definition) is 9. The normalized spacial score (nSPS) is 10.4. The van der Waals surface area contributed by atoms with Crippen LogP contribution in [0.15, 0.2) is 24.3 Å². The molecule has 0 radical (unpaired) electrons. The van der Waals surface area contributed by atoms with Crippen LogP contribution in [0.4, 0.5) is 5.00 Å². The number of methoxy groups -OCH3 is 1. The summed E-state index contributed by atoms with van der Waals surface area (Å²) in [6.07, 6.45) is 2.66. The number of anilines is 1. The van der Waals surface area contributed by atoms with E-state index in [0.717, 1.165) is 10.4 Å². The van der Waals surface area contributed by atoms with Crippen LogP contribution in [0.3, 0.4) is 0 Å². The first-order chi connectivity index (χ1) is 15.8. The van der Waals surface area contributed by atoms with E-state index in [0.29, 0.717) is 27.6 Å². The number of nitriles is 1. The van der Waals surface area contributed by atoms with Gasteiger partial charge in [0.05, 0.1) is 19.3 Å². The van der Waals surface area contributed by atoms with Gasteiger partial charge in [0.15, 0.2) is 24.7 Å². The molecular formula is C23H24N2O7S. The van der Waals surface area contributed by atoms with E-state index in [1.165, 1.54) is 30.6 Å². The maximum absolute atomic E-state index is 12.2. The number of hydrogen-bond donors (Lipinski definition) is 1. The summed E-state index contributed by atoms with van der Waals surface area (Å²) < 4.78 is 20.5. The van der Waals surface area contributed by atoms with E-state index < -0.39 is 24.5 Å². The van der Waals surface area contributed by atoms with Crippen LogP contribution in [-0.2, 0) is 19.1 Å². The topological polar surface area (TPSA) is 124 Å². The fourth-order valence-electron chi connectivity index (χ4n) is 2.69. The van der Waals surface area contributed by atoms with Crippen molar-refractivity contribution in [1.82, 2.24) is 0 Å². The average molecular weight is 473 g/mol. The summed E-state index contributed by atoms with van der Waals surface area (Å²) in [4.78, 5) is 37.3. The van der Waals surface area contributed by atoms with Gasteiger partial charge >= 0.3 is 11.9 Å². The minimum atomic E-state index is -0.724. The molecule has 1 aromatic heterocycles. The van der Waals surface area contributed by atoms with Gasteiger partial charge in [0.1, 0.15) is 11.1 Å². The molecule has 0 aliphatic rings. The Hall–Kier alpha value is -3.84. The van der Waals surface area contributed by atoms with E-state index >= 15 is 0 Å². The molecule has 1 aromatic carbocycles. The molecule has 1 heterocycles. The quantitative estimate of drug-likeness (QED) is 0.410. The molecule has 0 fully saturated rings. The summed E-state index contributed by atoms with van der Waals surface area (Å²) >= 11 is 1.25. The largest absolute Gasteiger partial charge is 0.493 e. The lowest BCUT2D eigenvalue weighted by molar-refractivity contribution is -0.142. The molecule has 174 valence electrons. The SMILES string of the molecule is CCOC(=O)c1c(NC(=O)COC(=O)/C=C/c2ccc(OCC#N)c(OC)c2)sc(C)c1C. The Kier molecular flexibility index (Phi) is 9.45. The Labute approximate surface area is 195 Å². The third kappa shape index (κ3) is 7.08. The summed E-state index contributed by atoms with van der Waals surface area (Å²) in [6, 6.07) is 6.78. The molecule has 0 spiro atoms. The molecule has 0 saturated heterocycles. The van der Waals surface area contributed by atoms with Crippen molar-refractivity contribution in [3.05, 3.63) is 45.8 Å². The lowest BCUT2D eigenvalue weighted by Crippen LogP contribution is -2.21. The van der Waals surface area contributed by atoms with E-state index in [-0.39, 0.29) is 13.2 Å². The van der Waals surface area contributed by atoms with Crippen molar-refractivity contribution in [2.45, 2.75) is 20.8 Å². The van der Waals surface area contributed by atoms with E-state index in [1.54, 1.807) is 32.0 Å². The van der Waals surface area contributed by atoms with Gasteiger partial charge in [-0.2, -0.15) is 5.26 Å². The van der Waals surface area contributed by atoms with E-state index in [2.05, 4.69) is 5.32 Å². The smallest absolute Gasteiger partial charge is 0.341 e. The minimum absolute atomic E-state index is 0.119. The Bertz CT molecular complexity index is 1100. The van der Waals surface area contributed by atoms with Crippen LogP contribution >= 0.6 is 11.3 Å². The van der Waals surface area contributed by atoms with Crippen molar-refractivity contribution >= 4 is 40.3 Å². The van der Waals surface area contributed by atoms with Gasteiger partial charge in [0.25, 0.3) is 5.91 Å². The lowest BCUT2D eigenvalue weighted by atomic mass is 10.1. The first kappa shape index (κ1) is 25.4. The number of rotatable bonds is 10. The molecule has 0 bridgehead atoms. The molecule has 9 nitrogen and oxygen atoms in total. The summed E-state index contributed by atoms with van der Waals surface area (Å²) in [6.45, 7) is 4.88. The van der Waals surface area contributed by atoms with Gasteiger partial charge in [-0.25, -0.2) is 9.59 Å². The first-order valence-electron chi connectivity index (χ1n) is 9.90. The fourth-order valence-corrected chi connectivity index (χ4v) is 3.76. The molecule has 33 heavy (non-hydrogen) atoms. The predicted molar refractivity (Wildman–Crippen MR) is 122 cm³/mol. The number of esters is 2. The second-order valence-electron chi connectivity index (χ2n) is 6.55. The highest BCUT2D eigenvalue weighted by atomic mass is 32.1. The average Bonchev–Trinajstić information content (AvgIpc) is 3.07. The van der Waals surface area contributed by atoms with E-state index in [9.17, 15) is 14.4 Å². The van der Waals surface area contributed by atoms with Crippen LogP contribution in [0.2, 0.25) is 0 Å². The number of ether oxygens (including phenoxy) is 4. The van der Waals surface area contributed by atoms with Crippen LogP contribution in [0.1, 0.15) is 33.3 Å². The molecule has 2 rings (SSSR count). The van der Waals surface area contributed by atoms with Gasteiger partial charge in [-0.15, -0.1) is 11.3 Å². The zero-order valence-electron chi connectivity index (χ0n) is 18.7. The van der Waals surface area contributed by atoms with Crippen molar-refractivity contribution in [2.24, 2.45) is 0 Å². The first-order valence-corrected chi connectivity index (χ1v) is 10.7. The lowest BCUT2D eigenvalue weighted by Gasteiger charge is -2.09. The van der Waals surface area contributed by atoms with Crippen molar-refractivity contribution in [2.75, 3.05) is 32.2 Å². The zero-order chi connectivity index (χ0) is 24.4. The van der Waals surface area contributed by atoms with Gasteiger partial charge in [0.2, 0.25) is 0 Å². The molecule has 0 aliphatic carbocycles. The van der Waals surface area contributed by atoms with Gasteiger partial charge in [-0.05, 0) is 50.1 Å². The van der Waals surface area contributed by atoms with Crippen LogP contribution in [-0.4, -0.2) is 44.8 Å². The Morgan fingerprint density at radius 1 is 1.18 bits per heavy atom. The van der Waals surface area contributed by atoms with Crippen molar-refractivity contribution in [1.29, 1.82) is 5.26 Å². The summed E-state index contributed by atoms with van der Waals surface area (Å²) in [5, 5.41) is 11.6. The number of benzene rings is 1. The second kappa shape index (κ2) is 12.3. The minimum Gasteiger partial charge on any atom is -0.493 e. The van der Waals surface area contributed by atoms with Crippen LogP contribution in [0.25, 0.3) is 6.08 Å². The molecule has 0 unspecified atom stereocenters. The predicted octanol–water partition coefficient (Wildman–Crippen LogP) is 3.65. The Morgan fingerprint density at radius 2 is 1.94 bits per heavy atom. The van der Waals surface area contributed by atoms with Gasteiger partial charge in [-0.3, -0.25) is 4.79 Å². The van der Waals surface area contributed by atoms with Crippen molar-refractivity contribution in [3.8, 4) is 17.6 Å². The summed E-state index contributed by atoms with van der Waals surface area (Å²) in [7, 11) is 1.46. The molecule has 2 aromatic rings. The van der Waals surface area contributed by atoms with Gasteiger partial charge in [-0.1, -0.05) is 6.07 Å². The molecular weight excluding hydrogens is 448 g/mol. The van der Waals surface area contributed by atoms with E-state index in [1.807, 2.05) is 13.0 Å². The van der Waals surface area contributed by atoms with Crippen LogP contribution in [0.5, 0.6) is 11.5 Å². The zero-order valence-corrected chi connectivity index (χ0v) is 19.5. The Balaban J connectivity index is 1.96. The second-order valence-corrected chi connectivity index (χ2v) is 7.78. The molecule has 1 amide bonds. The highest BCUT2D eigenvalue weighted by molar-refractivity contribution is 7.16. The maximum Gasteiger partial charge on any atom is 0.341 e. The number of thiophene rings is 1. The molecule has 0 saturated carbocycles. The van der Waals surface area contributed by atoms with Gasteiger partial charge < -0.3 is 24.3 Å². The Morgan fingerprint density at radius 3 is 2.61 bits per heavy atom. The summed E-state index contributed by atoms with van der Waals surface area (Å²) in [5.41, 5.74) is 1.66. The highest BCUT2D eigenvalue weighted by Crippen LogP contribution is 2.33. The number of nitrogens with one attached hydrogen (secondary N) is 1. The van der Waals surface area contributed by atoms with Gasteiger partial charge in [0, 0.05) is 11.0 Å². The molecule has 0 aliphatic heterocycles. The number of carbonyl (C=O) groups is 3. The maximum atomic E-state index is 12.2. The monoisotopic (exact) mass is 472 g/mol. The highest BCUT2D eigenvalue weighted by Gasteiger charge is 2.22. The van der Waals surface area contributed by atoms with Crippen molar-refractivity contribution < 1.29 is 33.3 Å². The summed E-state index contributed by atoms with van der Waals surface area (Å²) in [5.74, 6) is -1.02. The number of carbonyl (C=O) groups excluding carboxylic acids is 3. The molecule has 1 N–H and O–H groups in total. The number of amides is 1. The third-order valence-electron chi connectivity index (χ3n) is 4.36. The third-order valence-corrected chi connectivity index (χ3v) is 5.48. The van der Waals surface area contributed by atoms with E-state index in [4.69, 9.17) is 24.2 Å². The fraction of sp³-hybridized carbons (Fsp3) is 0.304. The standard InChI is InChI=1S/C23H24N2O7S/c1-5-30-23(28)21-14(2)15(3)33-22(21)25-19(26)13-32-20(27)9-7-16-6-8-17(31-11-10-24)18(12-16)29-4/h6-9,12H,5,11,13H2,1-4H3,(H,25,26)/b9-7+. The number of aryl methyl sites for hydroxylation is 1. The number of nitrogens with zero attached hydrogens (tertiary/aromatic N) is 1. The van der Waals surface area contributed by atoms with Crippen LogP contribution < -0.4 is 14.8 Å². The molecule has 0 atom stereocenters. The van der Waals surface area contributed by atoms with Crippen LogP contribution in [0, 0.1) is 25.2 Å².